The van der Waals surface area contributed by atoms with Crippen LogP contribution in [0, 0.1) is 11.8 Å². The lowest BCUT2D eigenvalue weighted by Crippen LogP contribution is -2.67. The average molecular weight is 460 g/mol. The number of cyclic esters (lactones) is 1. The van der Waals surface area contributed by atoms with E-state index in [1.165, 1.54) is 0 Å². The topological polar surface area (TPSA) is 124 Å². The van der Waals surface area contributed by atoms with Gasteiger partial charge in [0.2, 0.25) is 0 Å². The molecule has 1 aliphatic carbocycles. The summed E-state index contributed by atoms with van der Waals surface area (Å²) >= 11 is 18.4. The third-order valence-corrected chi connectivity index (χ3v) is 7.35. The Morgan fingerprint density at radius 1 is 1.21 bits per heavy atom. The van der Waals surface area contributed by atoms with Crippen molar-refractivity contribution in [2.24, 2.45) is 17.6 Å². The first kappa shape index (κ1) is 22.3. The number of carbonyl (C=O) groups excluding carboxylic acids is 2. The van der Waals surface area contributed by atoms with Crippen LogP contribution in [-0.2, 0) is 23.8 Å². The molecule has 2 saturated heterocycles. The minimum Gasteiger partial charge on any atom is -0.444 e. The molecule has 3 fully saturated rings. The maximum atomic E-state index is 12.6. The van der Waals surface area contributed by atoms with Crippen LogP contribution < -0.4 is 21.9 Å². The predicted molar refractivity (Wildman–Crippen MR) is 103 cm³/mol. The predicted octanol–water partition coefficient (Wildman–Crippen LogP) is -0.375. The maximum absolute atomic E-state index is 12.6. The van der Waals surface area contributed by atoms with Crippen molar-refractivity contribution in [2.75, 3.05) is 14.2 Å². The third kappa shape index (κ3) is 4.09. The van der Waals surface area contributed by atoms with Crippen molar-refractivity contribution in [1.29, 1.82) is 0 Å². The molecular weight excluding hydrogens is 435 g/mol. The summed E-state index contributed by atoms with van der Waals surface area (Å²) in [5.74, 6) is -1.49. The summed E-state index contributed by atoms with van der Waals surface area (Å²) in [4.78, 5) is 24.9. The van der Waals surface area contributed by atoms with Crippen molar-refractivity contribution < 1.29 is 23.8 Å². The number of hydrogen-bond donors (Lipinski definition) is 4. The highest BCUT2D eigenvalue weighted by atomic mass is 35.5. The van der Waals surface area contributed by atoms with E-state index in [-0.39, 0.29) is 18.0 Å². The Morgan fingerprint density at radius 2 is 1.93 bits per heavy atom. The number of alkyl halides is 3. The van der Waals surface area contributed by atoms with Gasteiger partial charge in [-0.15, -0.1) is 34.8 Å². The van der Waals surface area contributed by atoms with E-state index >= 15 is 0 Å². The largest absolute Gasteiger partial charge is 0.444 e. The Kier molecular flexibility index (Phi) is 7.31. The Labute approximate surface area is 178 Å². The van der Waals surface area contributed by atoms with Crippen molar-refractivity contribution in [1.82, 2.24) is 16.2 Å². The van der Waals surface area contributed by atoms with Gasteiger partial charge in [-0.3, -0.25) is 20.3 Å². The molecule has 0 aromatic carbocycles. The highest BCUT2D eigenvalue weighted by Gasteiger charge is 2.54. The first-order valence-corrected chi connectivity index (χ1v) is 10.4. The molecule has 160 valence electrons. The van der Waals surface area contributed by atoms with E-state index in [0.717, 1.165) is 0 Å². The van der Waals surface area contributed by atoms with Gasteiger partial charge in [0.05, 0.1) is 28.9 Å². The Bertz CT molecular complexity index is 603. The molecule has 9 nitrogen and oxygen atoms in total. The summed E-state index contributed by atoms with van der Waals surface area (Å²) in [6.45, 7) is 0. The second kappa shape index (κ2) is 9.18. The van der Waals surface area contributed by atoms with E-state index in [0.29, 0.717) is 12.8 Å². The fourth-order valence-corrected chi connectivity index (χ4v) is 5.14. The van der Waals surface area contributed by atoms with Gasteiger partial charge in [-0.25, -0.2) is 0 Å². The summed E-state index contributed by atoms with van der Waals surface area (Å²) < 4.78 is 16.3. The van der Waals surface area contributed by atoms with Crippen LogP contribution in [-0.4, -0.2) is 72.9 Å². The molecule has 0 spiro atoms. The van der Waals surface area contributed by atoms with E-state index in [4.69, 9.17) is 54.7 Å². The van der Waals surface area contributed by atoms with Gasteiger partial charge >= 0.3 is 5.97 Å². The second-order valence-electron chi connectivity index (χ2n) is 7.24. The number of hydrazine groups is 1. The lowest BCUT2D eigenvalue weighted by atomic mass is 9.76. The lowest BCUT2D eigenvalue weighted by molar-refractivity contribution is -0.153. The molecule has 2 heterocycles. The first-order chi connectivity index (χ1) is 13.3. The molecule has 1 saturated carbocycles. The smallest absolute Gasteiger partial charge is 0.313 e. The van der Waals surface area contributed by atoms with Crippen molar-refractivity contribution in [3.05, 3.63) is 0 Å². The highest BCUT2D eigenvalue weighted by molar-refractivity contribution is 6.32. The summed E-state index contributed by atoms with van der Waals surface area (Å²) in [7, 11) is 3.13. The molecule has 3 rings (SSSR count). The number of nitrogens with two attached hydrogens (primary N) is 1. The quantitative estimate of drug-likeness (QED) is 0.190. The normalized spacial score (nSPS) is 46.0. The number of hydrogen-bond acceptors (Lipinski definition) is 8. The molecule has 5 N–H and O–H groups in total. The van der Waals surface area contributed by atoms with Gasteiger partial charge in [-0.05, 0) is 12.8 Å². The standard InChI is InChI=1S/C16H25Cl3N4O5/c1-26-6-4-3-5-7(12(6)27-2)16(25)28-15(5)23-22-14(24)11-8(17)10(20)9(18)13(19)21-11/h5-13,15,21,23H,3-4,20H2,1-2H3,(H,22,24)/t5?,6?,7?,8?,9?,10?,11?,12?,13?,15-/m0/s1. The maximum Gasteiger partial charge on any atom is 0.313 e. The first-order valence-electron chi connectivity index (χ1n) is 9.05. The van der Waals surface area contributed by atoms with Crippen molar-refractivity contribution >= 4 is 46.7 Å². The molecule has 9 unspecified atom stereocenters. The van der Waals surface area contributed by atoms with Crippen LogP contribution in [0.4, 0.5) is 0 Å². The summed E-state index contributed by atoms with van der Waals surface area (Å²) in [5.41, 5.74) is 10.6. The fourth-order valence-electron chi connectivity index (χ4n) is 4.19. The molecule has 28 heavy (non-hydrogen) atoms. The van der Waals surface area contributed by atoms with Gasteiger partial charge in [-0.1, -0.05) is 0 Å². The zero-order valence-corrected chi connectivity index (χ0v) is 17.7. The van der Waals surface area contributed by atoms with E-state index in [1.807, 2.05) is 0 Å². The number of amides is 1. The number of methoxy groups -OCH3 is 2. The van der Waals surface area contributed by atoms with Crippen molar-refractivity contribution in [2.45, 2.75) is 59.6 Å². The van der Waals surface area contributed by atoms with Crippen molar-refractivity contribution in [3.63, 3.8) is 0 Å². The van der Waals surface area contributed by atoms with E-state index in [1.54, 1.807) is 14.2 Å². The number of ether oxygens (including phenoxy) is 3. The molecule has 1 amide bonds. The van der Waals surface area contributed by atoms with E-state index in [2.05, 4.69) is 16.2 Å². The molecule has 3 aliphatic rings. The zero-order valence-electron chi connectivity index (χ0n) is 15.4. The molecule has 0 aromatic rings. The van der Waals surface area contributed by atoms with Gasteiger partial charge in [0.25, 0.3) is 5.91 Å². The fraction of sp³-hybridized carbons (Fsp3) is 0.875. The number of halogens is 3. The van der Waals surface area contributed by atoms with E-state index < -0.39 is 52.5 Å². The second-order valence-corrected chi connectivity index (χ2v) is 8.72. The lowest BCUT2D eigenvalue weighted by Gasteiger charge is -2.39. The monoisotopic (exact) mass is 458 g/mol. The Balaban J connectivity index is 1.61. The van der Waals surface area contributed by atoms with Gasteiger partial charge in [-0.2, -0.15) is 5.43 Å². The molecule has 10 atom stereocenters. The summed E-state index contributed by atoms with van der Waals surface area (Å²) in [5, 5.41) is 1.47. The summed E-state index contributed by atoms with van der Waals surface area (Å²) in [6, 6.07) is -1.52. The van der Waals surface area contributed by atoms with Crippen LogP contribution in [0.15, 0.2) is 0 Å². The van der Waals surface area contributed by atoms with Crippen molar-refractivity contribution in [3.8, 4) is 0 Å². The van der Waals surface area contributed by atoms with Gasteiger partial charge in [0, 0.05) is 26.2 Å². The Hall–Kier alpha value is -0.390. The van der Waals surface area contributed by atoms with Gasteiger partial charge < -0.3 is 19.9 Å². The number of nitrogens with one attached hydrogen (secondary N) is 3. The van der Waals surface area contributed by atoms with Crippen LogP contribution in [0.3, 0.4) is 0 Å². The number of piperidine rings is 1. The number of rotatable bonds is 5. The van der Waals surface area contributed by atoms with Gasteiger partial charge in [0.15, 0.2) is 6.23 Å². The van der Waals surface area contributed by atoms with Crippen LogP contribution in [0.5, 0.6) is 0 Å². The number of esters is 1. The zero-order chi connectivity index (χ0) is 20.6. The third-order valence-electron chi connectivity index (χ3n) is 5.74. The summed E-state index contributed by atoms with van der Waals surface area (Å²) in [6.07, 6.45) is 0.135. The molecule has 0 bridgehead atoms. The Morgan fingerprint density at radius 3 is 2.57 bits per heavy atom. The minimum atomic E-state index is -0.856. The van der Waals surface area contributed by atoms with E-state index in [9.17, 15) is 9.59 Å². The van der Waals surface area contributed by atoms with Crippen LogP contribution in [0.1, 0.15) is 12.8 Å². The SMILES string of the molecule is COC1CCC2C(C(=O)O[C@@H]2NNC(=O)C2NC(Cl)C(Cl)C(N)C2Cl)C1OC. The molecule has 0 radical (unpaired) electrons. The minimum absolute atomic E-state index is 0.162. The van der Waals surface area contributed by atoms with Gasteiger partial charge in [0.1, 0.15) is 11.5 Å². The van der Waals surface area contributed by atoms with Crippen LogP contribution >= 0.6 is 34.8 Å². The molecule has 12 heteroatoms. The highest BCUT2D eigenvalue weighted by Crippen LogP contribution is 2.41. The number of fused-ring (bicyclic) bond motifs is 1. The molecule has 2 aliphatic heterocycles. The van der Waals surface area contributed by atoms with Crippen LogP contribution in [0.25, 0.3) is 0 Å². The van der Waals surface area contributed by atoms with Crippen LogP contribution in [0.2, 0.25) is 0 Å². The molecular formula is C16H25Cl3N4O5. The number of carbonyl (C=O) groups is 2. The molecule has 0 aromatic heterocycles. The average Bonchev–Trinajstić information content (AvgIpc) is 3.02.